The van der Waals surface area contributed by atoms with Gasteiger partial charge in [0, 0.05) is 12.8 Å². The number of hydrogen-bond acceptors (Lipinski definition) is 7. The van der Waals surface area contributed by atoms with Crippen LogP contribution >= 0.6 is 0 Å². The summed E-state index contributed by atoms with van der Waals surface area (Å²) >= 11 is 0. The first-order valence-electron chi connectivity index (χ1n) is 4.88. The smallest absolute Gasteiger partial charge is 0.372 e. The van der Waals surface area contributed by atoms with Gasteiger partial charge in [-0.25, -0.2) is 4.79 Å². The molecule has 17 heavy (non-hydrogen) atoms. The second-order valence-electron chi connectivity index (χ2n) is 3.63. The van der Waals surface area contributed by atoms with Crippen molar-refractivity contribution < 1.29 is 40.2 Å². The third-order valence-corrected chi connectivity index (χ3v) is 2.15. The number of aliphatic carboxylic acids is 1. The van der Waals surface area contributed by atoms with Crippen LogP contribution < -0.4 is 0 Å². The minimum atomic E-state index is -1.70. The lowest BCUT2D eigenvalue weighted by Crippen LogP contribution is -2.41. The number of Topliss-reactive ketones (excluding diaryl/α,β-unsaturated/α-hetero) is 1. The normalized spacial score (nSPS) is 18.2. The van der Waals surface area contributed by atoms with Gasteiger partial charge in [0.15, 0.2) is 0 Å². The van der Waals surface area contributed by atoms with Crippen molar-refractivity contribution in [2.45, 2.75) is 37.3 Å². The highest BCUT2D eigenvalue weighted by molar-refractivity contribution is 6.32. The Kier molecular flexibility index (Phi) is 6.85. The van der Waals surface area contributed by atoms with Crippen LogP contribution in [0.25, 0.3) is 0 Å². The zero-order valence-corrected chi connectivity index (χ0v) is 8.93. The Bertz CT molecular complexity index is 266. The Morgan fingerprint density at radius 1 is 1.00 bits per heavy atom. The molecule has 8 heteroatoms. The van der Waals surface area contributed by atoms with Gasteiger partial charge in [-0.3, -0.25) is 4.79 Å². The minimum absolute atomic E-state index is 0.489. The molecule has 0 aliphatic carbocycles. The topological polar surface area (TPSA) is 156 Å². The van der Waals surface area contributed by atoms with Gasteiger partial charge in [-0.2, -0.15) is 0 Å². The number of carboxylic acids is 1. The Morgan fingerprint density at radius 3 is 1.94 bits per heavy atom. The third-order valence-electron chi connectivity index (χ3n) is 2.15. The number of ketones is 1. The van der Waals surface area contributed by atoms with Crippen molar-refractivity contribution in [3.63, 3.8) is 0 Å². The van der Waals surface area contributed by atoms with Gasteiger partial charge in [-0.1, -0.05) is 0 Å². The fourth-order valence-electron chi connectivity index (χ4n) is 1.17. The number of rotatable bonds is 8. The van der Waals surface area contributed by atoms with Crippen molar-refractivity contribution in [3.8, 4) is 0 Å². The lowest BCUT2D eigenvalue weighted by molar-refractivity contribution is -0.150. The molecule has 0 spiro atoms. The van der Waals surface area contributed by atoms with Crippen LogP contribution in [0.5, 0.6) is 0 Å². The second kappa shape index (κ2) is 7.30. The maximum atomic E-state index is 10.7. The summed E-state index contributed by atoms with van der Waals surface area (Å²) in [5.74, 6) is -2.92. The molecule has 0 radical (unpaired) electrons. The Hall–Kier alpha value is -1.06. The highest BCUT2D eigenvalue weighted by atomic mass is 16.4. The molecule has 0 rings (SSSR count). The van der Waals surface area contributed by atoms with Gasteiger partial charge < -0.3 is 30.6 Å². The van der Waals surface area contributed by atoms with E-state index >= 15 is 0 Å². The van der Waals surface area contributed by atoms with Crippen molar-refractivity contribution in [2.75, 3.05) is 6.61 Å². The molecule has 0 aromatic carbocycles. The Labute approximate surface area is 96.7 Å². The van der Waals surface area contributed by atoms with Gasteiger partial charge in [-0.15, -0.1) is 0 Å². The predicted molar refractivity (Wildman–Crippen MR) is 53.0 cm³/mol. The zero-order chi connectivity index (χ0) is 13.6. The SMILES string of the molecule is O=C(O)C(=O)C[C@H](O)C[C@@H](O)[C@H](O)[C@H](O)CO. The predicted octanol–water partition coefficient (Wildman–Crippen LogP) is -3.14. The Morgan fingerprint density at radius 2 is 1.53 bits per heavy atom. The minimum Gasteiger partial charge on any atom is -0.475 e. The van der Waals surface area contributed by atoms with E-state index in [0.717, 1.165) is 0 Å². The monoisotopic (exact) mass is 252 g/mol. The van der Waals surface area contributed by atoms with E-state index in [1.165, 1.54) is 0 Å². The molecule has 0 saturated carbocycles. The van der Waals surface area contributed by atoms with Crippen molar-refractivity contribution >= 4 is 11.8 Å². The van der Waals surface area contributed by atoms with Crippen LogP contribution in [-0.4, -0.2) is 73.4 Å². The first kappa shape index (κ1) is 15.9. The van der Waals surface area contributed by atoms with Gasteiger partial charge in [0.2, 0.25) is 5.78 Å². The van der Waals surface area contributed by atoms with E-state index < -0.39 is 55.6 Å². The molecule has 0 heterocycles. The van der Waals surface area contributed by atoms with E-state index in [2.05, 4.69) is 0 Å². The molecule has 8 nitrogen and oxygen atoms in total. The third kappa shape index (κ3) is 5.71. The molecule has 0 aliphatic rings. The summed E-state index contributed by atoms with van der Waals surface area (Å²) in [4.78, 5) is 20.9. The number of aliphatic hydroxyl groups excluding tert-OH is 5. The van der Waals surface area contributed by atoms with Crippen LogP contribution in [0.15, 0.2) is 0 Å². The Balaban J connectivity index is 4.15. The molecule has 0 aromatic heterocycles. The standard InChI is InChI=1S/C9H16O8/c10-3-7(14)8(15)5(12)1-4(11)2-6(13)9(16)17/h4-5,7-8,10-12,14-15H,1-3H2,(H,16,17)/t4-,5-,7-,8+/m1/s1. The van der Waals surface area contributed by atoms with Crippen molar-refractivity contribution in [1.82, 2.24) is 0 Å². The van der Waals surface area contributed by atoms with E-state index in [9.17, 15) is 24.9 Å². The van der Waals surface area contributed by atoms with Gasteiger partial charge in [-0.05, 0) is 0 Å². The molecule has 0 aromatic rings. The molecule has 100 valence electrons. The van der Waals surface area contributed by atoms with Crippen LogP contribution in [0.4, 0.5) is 0 Å². The van der Waals surface area contributed by atoms with Crippen molar-refractivity contribution in [1.29, 1.82) is 0 Å². The first-order valence-corrected chi connectivity index (χ1v) is 4.88. The van der Waals surface area contributed by atoms with E-state index in [4.69, 9.17) is 15.3 Å². The maximum absolute atomic E-state index is 10.7. The molecule has 4 atom stereocenters. The first-order chi connectivity index (χ1) is 7.79. The van der Waals surface area contributed by atoms with E-state index in [0.29, 0.717) is 0 Å². The van der Waals surface area contributed by atoms with Gasteiger partial charge >= 0.3 is 5.97 Å². The fourth-order valence-corrected chi connectivity index (χ4v) is 1.17. The largest absolute Gasteiger partial charge is 0.475 e. The van der Waals surface area contributed by atoms with Crippen molar-refractivity contribution in [3.05, 3.63) is 0 Å². The van der Waals surface area contributed by atoms with Crippen LogP contribution in [0, 0.1) is 0 Å². The number of hydrogen-bond donors (Lipinski definition) is 6. The van der Waals surface area contributed by atoms with Gasteiger partial charge in [0.1, 0.15) is 12.2 Å². The highest BCUT2D eigenvalue weighted by Gasteiger charge is 2.27. The van der Waals surface area contributed by atoms with E-state index in [1.54, 1.807) is 0 Å². The van der Waals surface area contributed by atoms with E-state index in [-0.39, 0.29) is 0 Å². The maximum Gasteiger partial charge on any atom is 0.372 e. The van der Waals surface area contributed by atoms with Crippen LogP contribution in [0.3, 0.4) is 0 Å². The number of carboxylic acid groups (broad SMARTS) is 1. The lowest BCUT2D eigenvalue weighted by atomic mass is 10.00. The second-order valence-corrected chi connectivity index (χ2v) is 3.63. The number of aliphatic hydroxyl groups is 5. The molecule has 6 N–H and O–H groups in total. The molecule has 0 bridgehead atoms. The fraction of sp³-hybridized carbons (Fsp3) is 0.778. The number of carbonyl (C=O) groups excluding carboxylic acids is 1. The molecule has 0 unspecified atom stereocenters. The van der Waals surface area contributed by atoms with Gasteiger partial charge in [0.05, 0.1) is 18.8 Å². The summed E-state index contributed by atoms with van der Waals surface area (Å²) in [6.45, 7) is -0.775. The quantitative estimate of drug-likeness (QED) is 0.247. The number of carbonyl (C=O) groups is 2. The summed E-state index contributed by atoms with van der Waals surface area (Å²) in [5, 5.41) is 53.5. The lowest BCUT2D eigenvalue weighted by Gasteiger charge is -2.23. The molecule has 0 amide bonds. The molecular formula is C9H16O8. The van der Waals surface area contributed by atoms with Crippen LogP contribution in [0.2, 0.25) is 0 Å². The summed E-state index contributed by atoms with van der Waals surface area (Å²) in [5.41, 5.74) is 0. The average Bonchev–Trinajstić information content (AvgIpc) is 2.26. The zero-order valence-electron chi connectivity index (χ0n) is 8.93. The van der Waals surface area contributed by atoms with Crippen LogP contribution in [-0.2, 0) is 9.59 Å². The molecule has 0 aliphatic heterocycles. The molecule has 0 fully saturated rings. The summed E-state index contributed by atoms with van der Waals surface area (Å²) in [6.07, 6.45) is -7.48. The van der Waals surface area contributed by atoms with Crippen molar-refractivity contribution in [2.24, 2.45) is 0 Å². The summed E-state index contributed by atoms with van der Waals surface area (Å²) in [7, 11) is 0. The molecule has 0 saturated heterocycles. The van der Waals surface area contributed by atoms with Gasteiger partial charge in [0.25, 0.3) is 0 Å². The highest BCUT2D eigenvalue weighted by Crippen LogP contribution is 2.09. The summed E-state index contributed by atoms with van der Waals surface area (Å²) in [6, 6.07) is 0. The average molecular weight is 252 g/mol. The molecular weight excluding hydrogens is 236 g/mol. The summed E-state index contributed by atoms with van der Waals surface area (Å²) < 4.78 is 0. The van der Waals surface area contributed by atoms with Crippen LogP contribution in [0.1, 0.15) is 12.8 Å². The van der Waals surface area contributed by atoms with E-state index in [1.807, 2.05) is 0 Å².